The van der Waals surface area contributed by atoms with Gasteiger partial charge in [0.15, 0.2) is 0 Å². The van der Waals surface area contributed by atoms with Crippen LogP contribution >= 0.6 is 39.1 Å². The lowest BCUT2D eigenvalue weighted by molar-refractivity contribution is 0.0573. The van der Waals surface area contributed by atoms with Gasteiger partial charge in [0.05, 0.1) is 10.6 Å². The van der Waals surface area contributed by atoms with Gasteiger partial charge in [-0.15, -0.1) is 0 Å². The van der Waals surface area contributed by atoms with E-state index in [0.29, 0.717) is 10.0 Å². The molecule has 0 aliphatic heterocycles. The third-order valence-corrected chi connectivity index (χ3v) is 4.12. The Morgan fingerprint density at radius 1 is 1.10 bits per heavy atom. The molecule has 0 aromatic heterocycles. The lowest BCUT2D eigenvalue weighted by atomic mass is 9.89. The summed E-state index contributed by atoms with van der Waals surface area (Å²) in [5, 5.41) is 10.6. The van der Waals surface area contributed by atoms with E-state index >= 15 is 0 Å². The van der Waals surface area contributed by atoms with Crippen LogP contribution in [0.5, 0.6) is 0 Å². The highest BCUT2D eigenvalue weighted by molar-refractivity contribution is 9.10. The Kier molecular flexibility index (Phi) is 4.93. The predicted molar refractivity (Wildman–Crippen MR) is 83.8 cm³/mol. The van der Waals surface area contributed by atoms with E-state index in [-0.39, 0.29) is 22.0 Å². The average molecular weight is 396 g/mol. The monoisotopic (exact) mass is 394 g/mol. The zero-order chi connectivity index (χ0) is 15.8. The van der Waals surface area contributed by atoms with Crippen LogP contribution in [-0.4, -0.2) is 5.11 Å². The van der Waals surface area contributed by atoms with Crippen molar-refractivity contribution in [2.24, 2.45) is 0 Å². The van der Waals surface area contributed by atoms with Crippen molar-refractivity contribution in [3.8, 4) is 0 Å². The van der Waals surface area contributed by atoms with Crippen LogP contribution in [0.4, 0.5) is 8.78 Å². The van der Waals surface area contributed by atoms with Crippen molar-refractivity contribution in [3.05, 3.63) is 67.6 Å². The first-order valence-corrected chi connectivity index (χ1v) is 7.56. The SMILES string of the molecule is CC(O)(Cc1cc(F)cc(Br)c1)c1cc(F)c(Cl)cc1Cl. The summed E-state index contributed by atoms with van der Waals surface area (Å²) < 4.78 is 27.5. The zero-order valence-corrected chi connectivity index (χ0v) is 14.0. The van der Waals surface area contributed by atoms with Gasteiger partial charge < -0.3 is 5.11 Å². The summed E-state index contributed by atoms with van der Waals surface area (Å²) in [6, 6.07) is 6.63. The molecular weight excluding hydrogens is 385 g/mol. The Hall–Kier alpha value is -0.680. The van der Waals surface area contributed by atoms with E-state index in [0.717, 1.165) is 6.07 Å². The van der Waals surface area contributed by atoms with Crippen molar-refractivity contribution < 1.29 is 13.9 Å². The minimum Gasteiger partial charge on any atom is -0.385 e. The first kappa shape index (κ1) is 16.7. The molecule has 0 aliphatic rings. The fraction of sp³-hybridized carbons (Fsp3) is 0.200. The summed E-state index contributed by atoms with van der Waals surface area (Å²) in [4.78, 5) is 0. The molecule has 0 bridgehead atoms. The maximum Gasteiger partial charge on any atom is 0.142 e. The third kappa shape index (κ3) is 3.95. The van der Waals surface area contributed by atoms with Gasteiger partial charge >= 0.3 is 0 Å². The number of rotatable bonds is 3. The highest BCUT2D eigenvalue weighted by Crippen LogP contribution is 2.34. The second kappa shape index (κ2) is 6.21. The van der Waals surface area contributed by atoms with Crippen molar-refractivity contribution in [3.63, 3.8) is 0 Å². The van der Waals surface area contributed by atoms with E-state index < -0.39 is 17.2 Å². The molecule has 1 N–H and O–H groups in total. The van der Waals surface area contributed by atoms with Crippen LogP contribution in [0.25, 0.3) is 0 Å². The summed E-state index contributed by atoms with van der Waals surface area (Å²) in [7, 11) is 0. The molecule has 0 saturated carbocycles. The molecule has 2 aromatic carbocycles. The minimum atomic E-state index is -1.46. The van der Waals surface area contributed by atoms with Crippen molar-refractivity contribution >= 4 is 39.1 Å². The molecule has 21 heavy (non-hydrogen) atoms. The summed E-state index contributed by atoms with van der Waals surface area (Å²) in [5.74, 6) is -1.10. The molecule has 2 rings (SSSR count). The Morgan fingerprint density at radius 3 is 2.38 bits per heavy atom. The first-order chi connectivity index (χ1) is 9.69. The van der Waals surface area contributed by atoms with Gasteiger partial charge in [0.25, 0.3) is 0 Å². The molecule has 112 valence electrons. The molecule has 0 heterocycles. The Balaban J connectivity index is 2.40. The van der Waals surface area contributed by atoms with Crippen molar-refractivity contribution in [2.45, 2.75) is 18.9 Å². The second-order valence-corrected chi connectivity index (χ2v) is 6.70. The summed E-state index contributed by atoms with van der Waals surface area (Å²) >= 11 is 14.8. The van der Waals surface area contributed by atoms with E-state index in [1.807, 2.05) is 0 Å². The fourth-order valence-electron chi connectivity index (χ4n) is 2.14. The van der Waals surface area contributed by atoms with Crippen molar-refractivity contribution in [1.82, 2.24) is 0 Å². The normalized spacial score (nSPS) is 14.0. The van der Waals surface area contributed by atoms with Gasteiger partial charge in [-0.1, -0.05) is 39.1 Å². The molecular formula is C15H11BrCl2F2O. The summed E-state index contributed by atoms with van der Waals surface area (Å²) in [5.41, 5.74) is -0.708. The van der Waals surface area contributed by atoms with Crippen LogP contribution in [0.1, 0.15) is 18.1 Å². The maximum atomic E-state index is 13.6. The lowest BCUT2D eigenvalue weighted by Crippen LogP contribution is -2.25. The Morgan fingerprint density at radius 2 is 1.76 bits per heavy atom. The Labute approximate surface area is 139 Å². The molecule has 0 fully saturated rings. The van der Waals surface area contributed by atoms with Crippen LogP contribution < -0.4 is 0 Å². The smallest absolute Gasteiger partial charge is 0.142 e. The van der Waals surface area contributed by atoms with Crippen LogP contribution in [0.3, 0.4) is 0 Å². The van der Waals surface area contributed by atoms with Crippen LogP contribution in [0.15, 0.2) is 34.8 Å². The summed E-state index contributed by atoms with van der Waals surface area (Å²) in [6.07, 6.45) is 0.0736. The van der Waals surface area contributed by atoms with Gasteiger partial charge in [-0.05, 0) is 42.8 Å². The molecule has 0 amide bonds. The summed E-state index contributed by atoms with van der Waals surface area (Å²) in [6.45, 7) is 1.49. The molecule has 2 aromatic rings. The largest absolute Gasteiger partial charge is 0.385 e. The van der Waals surface area contributed by atoms with Gasteiger partial charge in [0.1, 0.15) is 11.6 Å². The van der Waals surface area contributed by atoms with Crippen LogP contribution in [0, 0.1) is 11.6 Å². The molecule has 1 atom stereocenters. The van der Waals surface area contributed by atoms with E-state index in [1.165, 1.54) is 25.1 Å². The van der Waals surface area contributed by atoms with E-state index in [9.17, 15) is 13.9 Å². The minimum absolute atomic E-state index is 0.0736. The van der Waals surface area contributed by atoms with E-state index in [4.69, 9.17) is 23.2 Å². The molecule has 6 heteroatoms. The Bertz CT molecular complexity index is 669. The molecule has 0 saturated heterocycles. The lowest BCUT2D eigenvalue weighted by Gasteiger charge is -2.25. The van der Waals surface area contributed by atoms with Crippen LogP contribution in [0.2, 0.25) is 10.0 Å². The number of halogens is 5. The molecule has 0 aliphatic carbocycles. The van der Waals surface area contributed by atoms with Crippen LogP contribution in [-0.2, 0) is 12.0 Å². The molecule has 0 spiro atoms. The highest BCUT2D eigenvalue weighted by atomic mass is 79.9. The first-order valence-electron chi connectivity index (χ1n) is 6.01. The zero-order valence-electron chi connectivity index (χ0n) is 10.9. The number of hydrogen-bond acceptors (Lipinski definition) is 1. The molecule has 1 unspecified atom stereocenters. The van der Waals surface area contributed by atoms with Gasteiger partial charge in [0, 0.05) is 21.5 Å². The molecule has 1 nitrogen and oxygen atoms in total. The highest BCUT2D eigenvalue weighted by Gasteiger charge is 2.28. The van der Waals surface area contributed by atoms with Crippen molar-refractivity contribution in [2.75, 3.05) is 0 Å². The third-order valence-electron chi connectivity index (χ3n) is 3.06. The van der Waals surface area contributed by atoms with Gasteiger partial charge in [-0.2, -0.15) is 0 Å². The predicted octanol–water partition coefficient (Wildman–Crippen LogP) is 5.48. The quantitative estimate of drug-likeness (QED) is 0.681. The number of hydrogen-bond donors (Lipinski definition) is 1. The maximum absolute atomic E-state index is 13.6. The number of aliphatic hydroxyl groups is 1. The van der Waals surface area contributed by atoms with E-state index in [2.05, 4.69) is 15.9 Å². The standard InChI is InChI=1S/C15H11BrCl2F2O/c1-15(21,7-8-2-9(16)4-10(19)3-8)11-5-14(20)13(18)6-12(11)17/h2-6,21H,7H2,1H3. The van der Waals surface area contributed by atoms with Gasteiger partial charge in [0.2, 0.25) is 0 Å². The number of benzene rings is 2. The van der Waals surface area contributed by atoms with E-state index in [1.54, 1.807) is 6.07 Å². The second-order valence-electron chi connectivity index (χ2n) is 4.97. The topological polar surface area (TPSA) is 20.2 Å². The van der Waals surface area contributed by atoms with Gasteiger partial charge in [-0.25, -0.2) is 8.78 Å². The average Bonchev–Trinajstić information content (AvgIpc) is 2.31. The molecule has 0 radical (unpaired) electrons. The van der Waals surface area contributed by atoms with Gasteiger partial charge in [-0.3, -0.25) is 0 Å². The van der Waals surface area contributed by atoms with Crippen molar-refractivity contribution in [1.29, 1.82) is 0 Å². The fourth-order valence-corrected chi connectivity index (χ4v) is 3.24.